The second kappa shape index (κ2) is 3.77. The van der Waals surface area contributed by atoms with Gasteiger partial charge in [0.2, 0.25) is 5.79 Å². The molecule has 0 aromatic heterocycles. The predicted molar refractivity (Wildman–Crippen MR) is 72.1 cm³/mol. The summed E-state index contributed by atoms with van der Waals surface area (Å²) in [5, 5.41) is 10.0. The molecule has 112 valence electrons. The lowest BCUT2D eigenvalue weighted by atomic mass is 9.54. The second-order valence-corrected chi connectivity index (χ2v) is 7.90. The minimum atomic E-state index is -0.762. The lowest BCUT2D eigenvalue weighted by molar-refractivity contribution is -0.163. The summed E-state index contributed by atoms with van der Waals surface area (Å²) in [5.74, 6) is -0.637. The third kappa shape index (κ3) is 1.47. The molecule has 0 aromatic carbocycles. The molecule has 4 nitrogen and oxygen atoms in total. The maximum absolute atomic E-state index is 12.2. The van der Waals surface area contributed by atoms with Crippen molar-refractivity contribution in [3.8, 4) is 0 Å². The van der Waals surface area contributed by atoms with E-state index in [1.165, 1.54) is 32.1 Å². The van der Waals surface area contributed by atoms with Crippen LogP contribution in [0.4, 0.5) is 0 Å². The van der Waals surface area contributed by atoms with Gasteiger partial charge in [-0.25, -0.2) is 0 Å². The van der Waals surface area contributed by atoms with Crippen LogP contribution in [0, 0.1) is 16.7 Å². The number of hydrogen-bond donors (Lipinski definition) is 1. The molecule has 4 atom stereocenters. The number of epoxide rings is 2. The molecule has 4 unspecified atom stereocenters. The summed E-state index contributed by atoms with van der Waals surface area (Å²) in [7, 11) is 0. The van der Waals surface area contributed by atoms with E-state index in [1.54, 1.807) is 0 Å². The highest BCUT2D eigenvalue weighted by molar-refractivity contribution is 5.78. The number of hydrogen-bond acceptors (Lipinski definition) is 3. The topological polar surface area (TPSA) is 62.4 Å². The largest absolute Gasteiger partial charge is 0.481 e. The van der Waals surface area contributed by atoms with Crippen LogP contribution in [0.25, 0.3) is 0 Å². The average molecular weight is 280 g/mol. The summed E-state index contributed by atoms with van der Waals surface area (Å²) < 4.78 is 11.5. The Kier molecular flexibility index (Phi) is 2.47. The number of ether oxygens (including phenoxy) is 2. The van der Waals surface area contributed by atoms with Crippen LogP contribution in [-0.2, 0) is 14.3 Å². The zero-order chi connectivity index (χ0) is 14.2. The third-order valence-electron chi connectivity index (χ3n) is 6.40. The molecule has 20 heavy (non-hydrogen) atoms. The van der Waals surface area contributed by atoms with E-state index in [0.717, 1.165) is 12.8 Å². The quantitative estimate of drug-likeness (QED) is 0.807. The van der Waals surface area contributed by atoms with Gasteiger partial charge in [0.05, 0.1) is 0 Å². The van der Waals surface area contributed by atoms with Crippen molar-refractivity contribution in [1.29, 1.82) is 0 Å². The van der Waals surface area contributed by atoms with Crippen LogP contribution in [0.1, 0.15) is 58.8 Å². The molecule has 4 rings (SSSR count). The van der Waals surface area contributed by atoms with Crippen molar-refractivity contribution in [2.24, 2.45) is 16.7 Å². The maximum Gasteiger partial charge on any atom is 0.313 e. The lowest BCUT2D eigenvalue weighted by Gasteiger charge is -2.46. The minimum Gasteiger partial charge on any atom is -0.481 e. The summed E-state index contributed by atoms with van der Waals surface area (Å²) in [6, 6.07) is 0. The van der Waals surface area contributed by atoms with E-state index >= 15 is 0 Å². The Morgan fingerprint density at radius 2 is 1.90 bits per heavy atom. The number of carbonyl (C=O) groups is 1. The molecule has 4 fully saturated rings. The Morgan fingerprint density at radius 3 is 2.55 bits per heavy atom. The fourth-order valence-corrected chi connectivity index (χ4v) is 5.02. The van der Waals surface area contributed by atoms with E-state index in [2.05, 4.69) is 13.8 Å². The van der Waals surface area contributed by atoms with E-state index in [-0.39, 0.29) is 17.6 Å². The Labute approximate surface area is 119 Å². The van der Waals surface area contributed by atoms with Crippen molar-refractivity contribution in [2.75, 3.05) is 0 Å². The van der Waals surface area contributed by atoms with Gasteiger partial charge in [-0.2, -0.15) is 0 Å². The van der Waals surface area contributed by atoms with Crippen molar-refractivity contribution < 1.29 is 19.4 Å². The Bertz CT molecular complexity index is 453. The Balaban J connectivity index is 1.66. The van der Waals surface area contributed by atoms with Gasteiger partial charge in [-0.1, -0.05) is 46.0 Å². The monoisotopic (exact) mass is 280 g/mol. The molecule has 1 spiro atoms. The fourth-order valence-electron chi connectivity index (χ4n) is 5.02. The second-order valence-electron chi connectivity index (χ2n) is 7.90. The molecule has 1 N–H and O–H groups in total. The fraction of sp³-hybridized carbons (Fsp3) is 0.938. The van der Waals surface area contributed by atoms with Gasteiger partial charge in [0.15, 0.2) is 0 Å². The molecule has 2 aliphatic heterocycles. The standard InChI is InChI=1S/C16H24O4/c1-14(2)9-11-16(19-11)12(20-16)15(14,13(17)18)8-10-6-4-3-5-7-10/h10-12H,3-9H2,1-2H3,(H,17,18). The van der Waals surface area contributed by atoms with Gasteiger partial charge < -0.3 is 14.6 Å². The highest BCUT2D eigenvalue weighted by Gasteiger charge is 2.88. The molecule has 4 heteroatoms. The van der Waals surface area contributed by atoms with Crippen molar-refractivity contribution in [2.45, 2.75) is 76.8 Å². The van der Waals surface area contributed by atoms with Gasteiger partial charge in [-0.15, -0.1) is 0 Å². The van der Waals surface area contributed by atoms with Crippen molar-refractivity contribution in [3.63, 3.8) is 0 Å². The van der Waals surface area contributed by atoms with E-state index in [1.807, 2.05) is 0 Å². The van der Waals surface area contributed by atoms with Crippen molar-refractivity contribution in [1.82, 2.24) is 0 Å². The predicted octanol–water partition coefficient (Wildman–Crippen LogP) is 2.95. The van der Waals surface area contributed by atoms with Crippen LogP contribution >= 0.6 is 0 Å². The molecular weight excluding hydrogens is 256 g/mol. The van der Waals surface area contributed by atoms with Gasteiger partial charge in [0.1, 0.15) is 17.6 Å². The molecule has 2 saturated heterocycles. The third-order valence-corrected chi connectivity index (χ3v) is 6.40. The van der Waals surface area contributed by atoms with Crippen molar-refractivity contribution in [3.05, 3.63) is 0 Å². The van der Waals surface area contributed by atoms with E-state index in [4.69, 9.17) is 9.47 Å². The van der Waals surface area contributed by atoms with E-state index < -0.39 is 17.2 Å². The molecule has 0 amide bonds. The van der Waals surface area contributed by atoms with Gasteiger partial charge >= 0.3 is 5.97 Å². The average Bonchev–Trinajstić information content (AvgIpc) is 3.26. The normalized spacial score (nSPS) is 49.1. The Hall–Kier alpha value is -0.610. The highest BCUT2D eigenvalue weighted by Crippen LogP contribution is 2.74. The smallest absolute Gasteiger partial charge is 0.313 e. The highest BCUT2D eigenvalue weighted by atomic mass is 16.9. The van der Waals surface area contributed by atoms with Crippen LogP contribution in [0.15, 0.2) is 0 Å². The van der Waals surface area contributed by atoms with E-state index in [0.29, 0.717) is 5.92 Å². The minimum absolute atomic E-state index is 0.140. The SMILES string of the molecule is CC1(C)CC2OC23OC3C1(CC1CCCCC1)C(=O)O. The maximum atomic E-state index is 12.2. The summed E-state index contributed by atoms with van der Waals surface area (Å²) in [6.07, 6.45) is 7.64. The molecular formula is C16H24O4. The lowest BCUT2D eigenvalue weighted by Crippen LogP contribution is -2.54. The van der Waals surface area contributed by atoms with Crippen LogP contribution < -0.4 is 0 Å². The van der Waals surface area contributed by atoms with Crippen LogP contribution in [0.5, 0.6) is 0 Å². The van der Waals surface area contributed by atoms with Crippen LogP contribution in [0.3, 0.4) is 0 Å². The molecule has 4 aliphatic rings. The number of rotatable bonds is 3. The first kappa shape index (κ1) is 13.1. The summed E-state index contributed by atoms with van der Waals surface area (Å²) >= 11 is 0. The zero-order valence-corrected chi connectivity index (χ0v) is 12.4. The van der Waals surface area contributed by atoms with Gasteiger partial charge in [0, 0.05) is 0 Å². The first-order valence-corrected chi connectivity index (χ1v) is 8.01. The summed E-state index contributed by atoms with van der Waals surface area (Å²) in [5.41, 5.74) is -1.02. The summed E-state index contributed by atoms with van der Waals surface area (Å²) in [4.78, 5) is 12.2. The number of carboxylic acids is 1. The Morgan fingerprint density at radius 1 is 1.20 bits per heavy atom. The van der Waals surface area contributed by atoms with Crippen molar-refractivity contribution >= 4 is 5.97 Å². The first-order chi connectivity index (χ1) is 9.42. The van der Waals surface area contributed by atoms with Crippen LogP contribution in [0.2, 0.25) is 0 Å². The van der Waals surface area contributed by atoms with Crippen LogP contribution in [-0.4, -0.2) is 29.1 Å². The summed E-state index contributed by atoms with van der Waals surface area (Å²) in [6.45, 7) is 4.19. The van der Waals surface area contributed by atoms with Gasteiger partial charge in [-0.05, 0) is 24.2 Å². The molecule has 0 bridgehead atoms. The zero-order valence-electron chi connectivity index (χ0n) is 12.4. The molecule has 0 radical (unpaired) electrons. The molecule has 2 saturated carbocycles. The van der Waals surface area contributed by atoms with E-state index in [9.17, 15) is 9.90 Å². The molecule has 0 aromatic rings. The number of carboxylic acid groups (broad SMARTS) is 1. The number of aliphatic carboxylic acids is 1. The van der Waals surface area contributed by atoms with Gasteiger partial charge in [-0.3, -0.25) is 4.79 Å². The van der Waals surface area contributed by atoms with Gasteiger partial charge in [0.25, 0.3) is 0 Å². The molecule has 2 aliphatic carbocycles. The first-order valence-electron chi connectivity index (χ1n) is 8.01. The molecule has 2 heterocycles.